The van der Waals surface area contributed by atoms with E-state index in [0.717, 1.165) is 4.31 Å². The standard InChI is InChI=1S/C16H16F2N2O5S/c1-11-14(20(21)22)4-3-5-15(11)26(23,24)19(2)10-12-6-8-13(9-7-12)25-16(17)18/h3-9,16H,10H2,1-2H3. The first-order chi connectivity index (χ1) is 12.1. The third kappa shape index (κ3) is 4.33. The summed E-state index contributed by atoms with van der Waals surface area (Å²) >= 11 is 0. The number of rotatable bonds is 7. The van der Waals surface area contributed by atoms with Crippen LogP contribution in [0, 0.1) is 17.0 Å². The summed E-state index contributed by atoms with van der Waals surface area (Å²) in [6, 6.07) is 9.38. The molecule has 2 aromatic rings. The highest BCUT2D eigenvalue weighted by molar-refractivity contribution is 7.89. The van der Waals surface area contributed by atoms with Crippen LogP contribution >= 0.6 is 0 Å². The number of nitrogens with zero attached hydrogens (tertiary/aromatic N) is 2. The molecule has 0 saturated carbocycles. The number of benzene rings is 2. The second kappa shape index (κ2) is 7.75. The SMILES string of the molecule is Cc1c([N+](=O)[O-])cccc1S(=O)(=O)N(C)Cc1ccc(OC(F)F)cc1. The third-order valence-corrected chi connectivity index (χ3v) is 5.64. The molecule has 26 heavy (non-hydrogen) atoms. The van der Waals surface area contributed by atoms with E-state index < -0.39 is 21.6 Å². The molecular weight excluding hydrogens is 370 g/mol. The lowest BCUT2D eigenvalue weighted by atomic mass is 10.2. The van der Waals surface area contributed by atoms with Crippen LogP contribution in [0.3, 0.4) is 0 Å². The summed E-state index contributed by atoms with van der Waals surface area (Å²) in [4.78, 5) is 10.2. The number of halogens is 2. The lowest BCUT2D eigenvalue weighted by molar-refractivity contribution is -0.385. The summed E-state index contributed by atoms with van der Waals surface area (Å²) in [5.41, 5.74) is 0.304. The van der Waals surface area contributed by atoms with Crippen LogP contribution in [0.1, 0.15) is 11.1 Å². The normalized spacial score (nSPS) is 11.8. The van der Waals surface area contributed by atoms with E-state index in [1.807, 2.05) is 0 Å². The topological polar surface area (TPSA) is 89.8 Å². The molecule has 0 radical (unpaired) electrons. The van der Waals surface area contributed by atoms with Crippen molar-refractivity contribution in [1.82, 2.24) is 4.31 Å². The molecule has 0 atom stereocenters. The first-order valence-electron chi connectivity index (χ1n) is 7.37. The zero-order valence-corrected chi connectivity index (χ0v) is 14.7. The number of ether oxygens (including phenoxy) is 1. The summed E-state index contributed by atoms with van der Waals surface area (Å²) in [6.07, 6.45) is 0. The van der Waals surface area contributed by atoms with E-state index in [2.05, 4.69) is 4.74 Å². The van der Waals surface area contributed by atoms with Crippen molar-refractivity contribution in [3.05, 3.63) is 63.7 Å². The Morgan fingerprint density at radius 1 is 1.19 bits per heavy atom. The predicted octanol–water partition coefficient (Wildman–Crippen LogP) is 3.33. The van der Waals surface area contributed by atoms with Gasteiger partial charge in [-0.25, -0.2) is 8.42 Å². The van der Waals surface area contributed by atoms with Gasteiger partial charge in [0.2, 0.25) is 10.0 Å². The summed E-state index contributed by atoms with van der Waals surface area (Å²) in [5.74, 6) is -0.0382. The Hall–Kier alpha value is -2.59. The van der Waals surface area contributed by atoms with Gasteiger partial charge in [-0.15, -0.1) is 0 Å². The third-order valence-electron chi connectivity index (χ3n) is 3.69. The molecule has 0 aliphatic rings. The summed E-state index contributed by atoms with van der Waals surface area (Å²) in [7, 11) is -2.64. The fourth-order valence-corrected chi connectivity index (χ4v) is 3.76. The Balaban J connectivity index is 2.24. The quantitative estimate of drug-likeness (QED) is 0.538. The Morgan fingerprint density at radius 3 is 2.35 bits per heavy atom. The van der Waals surface area contributed by atoms with Gasteiger partial charge in [0.25, 0.3) is 5.69 Å². The second-order valence-corrected chi connectivity index (χ2v) is 7.45. The second-order valence-electron chi connectivity index (χ2n) is 5.44. The van der Waals surface area contributed by atoms with Crippen molar-refractivity contribution in [2.75, 3.05) is 7.05 Å². The van der Waals surface area contributed by atoms with Gasteiger partial charge in [0.05, 0.1) is 9.82 Å². The predicted molar refractivity (Wildman–Crippen MR) is 89.6 cm³/mol. The number of nitro benzene ring substituents is 1. The average molecular weight is 386 g/mol. The molecule has 0 unspecified atom stereocenters. The number of hydrogen-bond acceptors (Lipinski definition) is 5. The molecule has 0 aliphatic carbocycles. The van der Waals surface area contributed by atoms with Crippen LogP contribution in [0.2, 0.25) is 0 Å². The smallest absolute Gasteiger partial charge is 0.387 e. The monoisotopic (exact) mass is 386 g/mol. The van der Waals surface area contributed by atoms with E-state index in [-0.39, 0.29) is 28.4 Å². The van der Waals surface area contributed by atoms with Gasteiger partial charge in [-0.2, -0.15) is 13.1 Å². The van der Waals surface area contributed by atoms with Crippen LogP contribution in [0.25, 0.3) is 0 Å². The number of hydrogen-bond donors (Lipinski definition) is 0. The van der Waals surface area contributed by atoms with Crippen LogP contribution < -0.4 is 4.74 Å². The van der Waals surface area contributed by atoms with Gasteiger partial charge in [-0.3, -0.25) is 10.1 Å². The lowest BCUT2D eigenvalue weighted by Gasteiger charge is -2.18. The fourth-order valence-electron chi connectivity index (χ4n) is 2.37. The Bertz CT molecular complexity index is 901. The van der Waals surface area contributed by atoms with Gasteiger partial charge in [0, 0.05) is 25.2 Å². The van der Waals surface area contributed by atoms with Crippen molar-refractivity contribution in [2.24, 2.45) is 0 Å². The molecule has 0 saturated heterocycles. The molecule has 0 amide bonds. The number of alkyl halides is 2. The highest BCUT2D eigenvalue weighted by atomic mass is 32.2. The van der Waals surface area contributed by atoms with Crippen molar-refractivity contribution < 1.29 is 26.9 Å². The molecule has 0 heterocycles. The van der Waals surface area contributed by atoms with Crippen molar-refractivity contribution in [3.63, 3.8) is 0 Å². The van der Waals surface area contributed by atoms with E-state index in [0.29, 0.717) is 5.56 Å². The Morgan fingerprint density at radius 2 is 1.81 bits per heavy atom. The molecule has 2 aromatic carbocycles. The minimum Gasteiger partial charge on any atom is -0.435 e. The van der Waals surface area contributed by atoms with Crippen LogP contribution in [-0.4, -0.2) is 31.3 Å². The zero-order chi connectivity index (χ0) is 19.5. The molecule has 10 heteroatoms. The van der Waals surface area contributed by atoms with Gasteiger partial charge in [-0.1, -0.05) is 18.2 Å². The molecule has 0 aromatic heterocycles. The van der Waals surface area contributed by atoms with Gasteiger partial charge >= 0.3 is 6.61 Å². The van der Waals surface area contributed by atoms with Gasteiger partial charge in [0.15, 0.2) is 0 Å². The summed E-state index contributed by atoms with van der Waals surface area (Å²) in [6.45, 7) is -1.62. The van der Waals surface area contributed by atoms with Gasteiger partial charge < -0.3 is 4.74 Å². The van der Waals surface area contributed by atoms with Crippen molar-refractivity contribution in [2.45, 2.75) is 25.0 Å². The maximum atomic E-state index is 12.7. The van der Waals surface area contributed by atoms with Gasteiger partial charge in [0.1, 0.15) is 5.75 Å². The van der Waals surface area contributed by atoms with E-state index in [9.17, 15) is 27.3 Å². The minimum atomic E-state index is -3.98. The Labute approximate surface area is 149 Å². The molecule has 140 valence electrons. The molecular formula is C16H16F2N2O5S. The Kier molecular flexibility index (Phi) is 5.88. The van der Waals surface area contributed by atoms with E-state index >= 15 is 0 Å². The van der Waals surface area contributed by atoms with Crippen molar-refractivity contribution in [1.29, 1.82) is 0 Å². The van der Waals surface area contributed by atoms with Gasteiger partial charge in [-0.05, 0) is 30.7 Å². The van der Waals surface area contributed by atoms with E-state index in [1.165, 1.54) is 56.4 Å². The van der Waals surface area contributed by atoms with Crippen LogP contribution in [0.15, 0.2) is 47.4 Å². The van der Waals surface area contributed by atoms with Crippen LogP contribution in [0.5, 0.6) is 5.75 Å². The zero-order valence-electron chi connectivity index (χ0n) is 13.9. The average Bonchev–Trinajstić information content (AvgIpc) is 2.55. The summed E-state index contributed by atoms with van der Waals surface area (Å²) in [5, 5.41) is 11.0. The molecule has 0 N–H and O–H groups in total. The minimum absolute atomic E-state index is 0.0382. The molecule has 7 nitrogen and oxygen atoms in total. The highest BCUT2D eigenvalue weighted by Crippen LogP contribution is 2.27. The molecule has 0 aliphatic heterocycles. The number of nitro groups is 1. The molecule has 0 bridgehead atoms. The van der Waals surface area contributed by atoms with Crippen LogP contribution in [0.4, 0.5) is 14.5 Å². The van der Waals surface area contributed by atoms with E-state index in [1.54, 1.807) is 0 Å². The number of sulfonamides is 1. The maximum absolute atomic E-state index is 12.7. The first kappa shape index (κ1) is 19.7. The van der Waals surface area contributed by atoms with Crippen LogP contribution in [-0.2, 0) is 16.6 Å². The van der Waals surface area contributed by atoms with Crippen molar-refractivity contribution in [3.8, 4) is 5.75 Å². The summed E-state index contributed by atoms with van der Waals surface area (Å²) < 4.78 is 55.0. The fraction of sp³-hybridized carbons (Fsp3) is 0.250. The largest absolute Gasteiger partial charge is 0.435 e. The highest BCUT2D eigenvalue weighted by Gasteiger charge is 2.26. The molecule has 0 spiro atoms. The first-order valence-corrected chi connectivity index (χ1v) is 8.81. The molecule has 0 fully saturated rings. The maximum Gasteiger partial charge on any atom is 0.387 e. The lowest BCUT2D eigenvalue weighted by Crippen LogP contribution is -2.27. The molecule has 2 rings (SSSR count). The van der Waals surface area contributed by atoms with Crippen molar-refractivity contribution >= 4 is 15.7 Å². The van der Waals surface area contributed by atoms with E-state index in [4.69, 9.17) is 0 Å².